The highest BCUT2D eigenvalue weighted by atomic mass is 16.5. The summed E-state index contributed by atoms with van der Waals surface area (Å²) < 4.78 is 10.4. The van der Waals surface area contributed by atoms with Crippen LogP contribution in [-0.4, -0.2) is 49.0 Å². The molecule has 0 aliphatic rings. The molecule has 26 heavy (non-hydrogen) atoms. The van der Waals surface area contributed by atoms with E-state index in [1.165, 1.54) is 19.5 Å². The van der Waals surface area contributed by atoms with Gasteiger partial charge in [0.15, 0.2) is 11.5 Å². The van der Waals surface area contributed by atoms with Crippen molar-refractivity contribution in [1.82, 2.24) is 9.88 Å². The Bertz CT molecular complexity index is 788. The maximum atomic E-state index is 12.5. The van der Waals surface area contributed by atoms with Crippen LogP contribution in [0.4, 0.5) is 5.69 Å². The molecule has 0 fully saturated rings. The molecule has 0 unspecified atom stereocenters. The quantitative estimate of drug-likeness (QED) is 0.824. The number of amides is 2. The molecule has 0 spiro atoms. The van der Waals surface area contributed by atoms with Crippen molar-refractivity contribution < 1.29 is 19.1 Å². The lowest BCUT2D eigenvalue weighted by Crippen LogP contribution is -2.30. The summed E-state index contributed by atoms with van der Waals surface area (Å²) in [5, 5.41) is 2.77. The molecule has 0 radical (unpaired) electrons. The van der Waals surface area contributed by atoms with Crippen LogP contribution in [0.25, 0.3) is 0 Å². The van der Waals surface area contributed by atoms with Crippen LogP contribution in [0.2, 0.25) is 0 Å². The minimum atomic E-state index is -0.362. The van der Waals surface area contributed by atoms with E-state index in [2.05, 4.69) is 10.3 Å². The zero-order valence-corrected chi connectivity index (χ0v) is 15.4. The predicted octanol–water partition coefficient (Wildman–Crippen LogP) is 2.83. The number of nitrogens with one attached hydrogen (secondary N) is 1. The highest BCUT2D eigenvalue weighted by molar-refractivity contribution is 6.06. The highest BCUT2D eigenvalue weighted by Crippen LogP contribution is 2.29. The third-order valence-electron chi connectivity index (χ3n) is 3.94. The molecule has 138 valence electrons. The van der Waals surface area contributed by atoms with Crippen molar-refractivity contribution in [2.45, 2.75) is 13.8 Å². The second-order valence-corrected chi connectivity index (χ2v) is 5.46. The van der Waals surface area contributed by atoms with E-state index in [0.717, 1.165) is 0 Å². The zero-order valence-electron chi connectivity index (χ0n) is 15.4. The van der Waals surface area contributed by atoms with Crippen molar-refractivity contribution in [2.24, 2.45) is 0 Å². The summed E-state index contributed by atoms with van der Waals surface area (Å²) in [7, 11) is 3.07. The van der Waals surface area contributed by atoms with Gasteiger partial charge in [-0.25, -0.2) is 0 Å². The van der Waals surface area contributed by atoms with Gasteiger partial charge >= 0.3 is 0 Å². The van der Waals surface area contributed by atoms with E-state index in [1.807, 2.05) is 13.8 Å². The average Bonchev–Trinajstić information content (AvgIpc) is 2.68. The van der Waals surface area contributed by atoms with Gasteiger partial charge in [-0.1, -0.05) is 0 Å². The van der Waals surface area contributed by atoms with Crippen LogP contribution < -0.4 is 14.8 Å². The monoisotopic (exact) mass is 357 g/mol. The molecule has 7 nitrogen and oxygen atoms in total. The molecular weight excluding hydrogens is 334 g/mol. The second-order valence-electron chi connectivity index (χ2n) is 5.46. The number of methoxy groups -OCH3 is 2. The van der Waals surface area contributed by atoms with E-state index in [9.17, 15) is 9.59 Å². The first-order valence-electron chi connectivity index (χ1n) is 8.31. The molecule has 0 saturated carbocycles. The Kier molecular flexibility index (Phi) is 6.54. The van der Waals surface area contributed by atoms with Gasteiger partial charge < -0.3 is 19.7 Å². The average molecular weight is 357 g/mol. The van der Waals surface area contributed by atoms with E-state index in [4.69, 9.17) is 9.47 Å². The van der Waals surface area contributed by atoms with Gasteiger partial charge in [0.25, 0.3) is 11.8 Å². The van der Waals surface area contributed by atoms with Gasteiger partial charge in [-0.2, -0.15) is 0 Å². The van der Waals surface area contributed by atoms with Crippen molar-refractivity contribution in [2.75, 3.05) is 32.6 Å². The number of pyridine rings is 1. The summed E-state index contributed by atoms with van der Waals surface area (Å²) >= 11 is 0. The molecule has 0 atom stereocenters. The zero-order chi connectivity index (χ0) is 19.1. The number of anilines is 1. The smallest absolute Gasteiger partial charge is 0.257 e. The molecule has 1 aromatic carbocycles. The molecule has 0 aliphatic heterocycles. The van der Waals surface area contributed by atoms with Crippen LogP contribution in [0.5, 0.6) is 11.5 Å². The van der Waals surface area contributed by atoms with Crippen molar-refractivity contribution in [1.29, 1.82) is 0 Å². The van der Waals surface area contributed by atoms with Gasteiger partial charge in [0, 0.05) is 37.2 Å². The largest absolute Gasteiger partial charge is 0.493 e. The second kappa shape index (κ2) is 8.84. The molecule has 0 bridgehead atoms. The molecule has 2 rings (SSSR count). The van der Waals surface area contributed by atoms with Gasteiger partial charge in [0.05, 0.1) is 25.3 Å². The number of benzene rings is 1. The molecule has 2 amide bonds. The van der Waals surface area contributed by atoms with E-state index in [1.54, 1.807) is 36.3 Å². The minimum Gasteiger partial charge on any atom is -0.493 e. The lowest BCUT2D eigenvalue weighted by molar-refractivity contribution is 0.0772. The molecule has 1 aromatic heterocycles. The van der Waals surface area contributed by atoms with Crippen molar-refractivity contribution in [3.8, 4) is 11.5 Å². The summed E-state index contributed by atoms with van der Waals surface area (Å²) in [5.41, 5.74) is 1.24. The number of ether oxygens (including phenoxy) is 2. The third-order valence-corrected chi connectivity index (χ3v) is 3.94. The Balaban J connectivity index is 2.20. The molecule has 2 aromatic rings. The molecule has 0 saturated heterocycles. The number of carbonyl (C=O) groups excluding carboxylic acids is 2. The number of nitrogens with zero attached hydrogens (tertiary/aromatic N) is 2. The number of rotatable bonds is 7. The standard InChI is InChI=1S/C19H23N3O4/c1-5-22(6-2)19(24)14-9-13(11-20-12-14)18(23)21-15-7-8-16(25-3)17(10-15)26-4/h7-12H,5-6H2,1-4H3,(H,21,23). The predicted molar refractivity (Wildman–Crippen MR) is 99.0 cm³/mol. The van der Waals surface area contributed by atoms with E-state index < -0.39 is 0 Å². The van der Waals surface area contributed by atoms with Crippen molar-refractivity contribution in [3.63, 3.8) is 0 Å². The first-order chi connectivity index (χ1) is 12.5. The Hall–Kier alpha value is -3.09. The first kappa shape index (κ1) is 19.2. The number of carbonyl (C=O) groups is 2. The summed E-state index contributed by atoms with van der Waals surface area (Å²) in [6.07, 6.45) is 2.89. The Morgan fingerprint density at radius 1 is 1.00 bits per heavy atom. The molecule has 1 heterocycles. The number of hydrogen-bond acceptors (Lipinski definition) is 5. The van der Waals surface area contributed by atoms with Crippen LogP contribution in [0.3, 0.4) is 0 Å². The van der Waals surface area contributed by atoms with E-state index in [0.29, 0.717) is 41.4 Å². The fraction of sp³-hybridized carbons (Fsp3) is 0.316. The van der Waals surface area contributed by atoms with Gasteiger partial charge in [0.1, 0.15) is 0 Å². The van der Waals surface area contributed by atoms with Crippen LogP contribution in [-0.2, 0) is 0 Å². The summed E-state index contributed by atoms with van der Waals surface area (Å²) in [4.78, 5) is 30.6. The maximum Gasteiger partial charge on any atom is 0.257 e. The highest BCUT2D eigenvalue weighted by Gasteiger charge is 2.16. The topological polar surface area (TPSA) is 80.8 Å². The lowest BCUT2D eigenvalue weighted by atomic mass is 10.1. The summed E-state index contributed by atoms with van der Waals surface area (Å²) in [5.74, 6) is 0.565. The van der Waals surface area contributed by atoms with Crippen LogP contribution in [0.15, 0.2) is 36.7 Å². The van der Waals surface area contributed by atoms with Gasteiger partial charge in [-0.15, -0.1) is 0 Å². The first-order valence-corrected chi connectivity index (χ1v) is 8.31. The third kappa shape index (κ3) is 4.30. The fourth-order valence-electron chi connectivity index (χ4n) is 2.49. The summed E-state index contributed by atoms with van der Waals surface area (Å²) in [6, 6.07) is 6.61. The molecule has 1 N–H and O–H groups in total. The van der Waals surface area contributed by atoms with Crippen molar-refractivity contribution >= 4 is 17.5 Å². The van der Waals surface area contributed by atoms with Crippen LogP contribution in [0, 0.1) is 0 Å². The Labute approximate surface area is 152 Å². The Morgan fingerprint density at radius 2 is 1.65 bits per heavy atom. The van der Waals surface area contributed by atoms with Crippen LogP contribution >= 0.6 is 0 Å². The van der Waals surface area contributed by atoms with Crippen molar-refractivity contribution in [3.05, 3.63) is 47.8 Å². The SMILES string of the molecule is CCN(CC)C(=O)c1cncc(C(=O)Nc2ccc(OC)c(OC)c2)c1. The molecular formula is C19H23N3O4. The fourth-order valence-corrected chi connectivity index (χ4v) is 2.49. The van der Waals surface area contributed by atoms with E-state index >= 15 is 0 Å². The number of hydrogen-bond donors (Lipinski definition) is 1. The maximum absolute atomic E-state index is 12.5. The minimum absolute atomic E-state index is 0.150. The van der Waals surface area contributed by atoms with Crippen LogP contribution in [0.1, 0.15) is 34.6 Å². The molecule has 7 heteroatoms. The van der Waals surface area contributed by atoms with Gasteiger partial charge in [-0.3, -0.25) is 14.6 Å². The Morgan fingerprint density at radius 3 is 2.27 bits per heavy atom. The number of aromatic nitrogens is 1. The van der Waals surface area contributed by atoms with E-state index in [-0.39, 0.29) is 11.8 Å². The van der Waals surface area contributed by atoms with Gasteiger partial charge in [0.2, 0.25) is 0 Å². The normalized spacial score (nSPS) is 10.2. The molecule has 0 aliphatic carbocycles. The van der Waals surface area contributed by atoms with Gasteiger partial charge in [-0.05, 0) is 32.0 Å². The lowest BCUT2D eigenvalue weighted by Gasteiger charge is -2.18. The summed E-state index contributed by atoms with van der Waals surface area (Å²) in [6.45, 7) is 5.00.